The van der Waals surface area contributed by atoms with E-state index in [2.05, 4.69) is 10.4 Å². The van der Waals surface area contributed by atoms with Crippen LogP contribution in [0.2, 0.25) is 0 Å². The maximum absolute atomic E-state index is 13.0. The van der Waals surface area contributed by atoms with Gasteiger partial charge in [-0.3, -0.25) is 23.4 Å². The number of likely N-dealkylation sites (tertiary alicyclic amines) is 1. The number of amides is 2. The van der Waals surface area contributed by atoms with Crippen molar-refractivity contribution in [2.45, 2.75) is 32.7 Å². The minimum Gasteiger partial charge on any atom is -0.339 e. The van der Waals surface area contributed by atoms with Crippen LogP contribution >= 0.6 is 0 Å². The Balaban J connectivity index is 1.34. The maximum Gasteiger partial charge on any atom is 0.328 e. The van der Waals surface area contributed by atoms with E-state index in [0.29, 0.717) is 30.9 Å². The van der Waals surface area contributed by atoms with E-state index in [1.807, 2.05) is 24.1 Å². The highest BCUT2D eigenvalue weighted by molar-refractivity contribution is 5.97. The molecule has 2 aromatic heterocycles. The van der Waals surface area contributed by atoms with E-state index >= 15 is 0 Å². The first kappa shape index (κ1) is 20.9. The first-order valence-electron chi connectivity index (χ1n) is 10.7. The molecular weight excluding hydrogens is 396 g/mol. The molecule has 1 aromatic carbocycles. The van der Waals surface area contributed by atoms with E-state index in [1.165, 1.54) is 0 Å². The van der Waals surface area contributed by atoms with Crippen molar-refractivity contribution in [3.8, 4) is 0 Å². The quantitative estimate of drug-likeness (QED) is 0.678. The van der Waals surface area contributed by atoms with Crippen LogP contribution in [0.5, 0.6) is 0 Å². The Morgan fingerprint density at radius 1 is 1.10 bits per heavy atom. The average molecular weight is 425 g/mol. The van der Waals surface area contributed by atoms with Gasteiger partial charge in [-0.15, -0.1) is 0 Å². The molecular formula is C22H28N6O3. The summed E-state index contributed by atoms with van der Waals surface area (Å²) in [6.45, 7) is 3.99. The van der Waals surface area contributed by atoms with Gasteiger partial charge in [-0.1, -0.05) is 0 Å². The standard InChI is InChI=1S/C22H28N6O3/c1-4-28-12-9-19(24-28)23-20(29)13-15-7-10-27(11-8-15)21(30)16-5-6-17-18(14-16)26(3)22(31)25(17)2/h5-6,9,12,14-15H,4,7-8,10-11,13H2,1-3H3,(H,23,24,29). The molecule has 31 heavy (non-hydrogen) atoms. The SMILES string of the molecule is CCn1ccc(NC(=O)CC2CCN(C(=O)c3ccc4c(c3)n(C)c(=O)n4C)CC2)n1. The predicted octanol–water partition coefficient (Wildman–Crippen LogP) is 1.97. The highest BCUT2D eigenvalue weighted by Crippen LogP contribution is 2.23. The Kier molecular flexibility index (Phi) is 5.67. The van der Waals surface area contributed by atoms with Crippen molar-refractivity contribution in [3.63, 3.8) is 0 Å². The smallest absolute Gasteiger partial charge is 0.328 e. The minimum absolute atomic E-state index is 0.0359. The zero-order valence-electron chi connectivity index (χ0n) is 18.2. The van der Waals surface area contributed by atoms with Crippen LogP contribution in [0.15, 0.2) is 35.3 Å². The number of anilines is 1. The Morgan fingerprint density at radius 3 is 2.48 bits per heavy atom. The van der Waals surface area contributed by atoms with Gasteiger partial charge in [0.25, 0.3) is 5.91 Å². The molecule has 0 bridgehead atoms. The number of hydrogen-bond acceptors (Lipinski definition) is 4. The largest absolute Gasteiger partial charge is 0.339 e. The fourth-order valence-electron chi connectivity index (χ4n) is 4.22. The zero-order chi connectivity index (χ0) is 22.1. The fraction of sp³-hybridized carbons (Fsp3) is 0.455. The lowest BCUT2D eigenvalue weighted by Crippen LogP contribution is -2.39. The van der Waals surface area contributed by atoms with Gasteiger partial charge in [0, 0.05) is 58.0 Å². The monoisotopic (exact) mass is 424 g/mol. The van der Waals surface area contributed by atoms with E-state index in [1.54, 1.807) is 46.1 Å². The Morgan fingerprint density at radius 2 is 1.81 bits per heavy atom. The Hall–Kier alpha value is -3.36. The van der Waals surface area contributed by atoms with Gasteiger partial charge in [-0.05, 0) is 43.9 Å². The van der Waals surface area contributed by atoms with E-state index in [-0.39, 0.29) is 23.4 Å². The van der Waals surface area contributed by atoms with Crippen LogP contribution in [0.25, 0.3) is 11.0 Å². The summed E-state index contributed by atoms with van der Waals surface area (Å²) in [5.74, 6) is 0.743. The summed E-state index contributed by atoms with van der Waals surface area (Å²) < 4.78 is 4.90. The Bertz CT molecular complexity index is 1180. The third kappa shape index (κ3) is 4.12. The van der Waals surface area contributed by atoms with Crippen molar-refractivity contribution in [3.05, 3.63) is 46.5 Å². The molecule has 2 amide bonds. The summed E-state index contributed by atoms with van der Waals surface area (Å²) in [4.78, 5) is 39.3. The second kappa shape index (κ2) is 8.41. The summed E-state index contributed by atoms with van der Waals surface area (Å²) in [7, 11) is 3.44. The van der Waals surface area contributed by atoms with Gasteiger partial charge in [0.05, 0.1) is 11.0 Å². The molecule has 0 saturated carbocycles. The summed E-state index contributed by atoms with van der Waals surface area (Å²) in [6, 6.07) is 7.18. The number of imidazole rings is 1. The van der Waals surface area contributed by atoms with Gasteiger partial charge in [-0.2, -0.15) is 5.10 Å². The van der Waals surface area contributed by atoms with Crippen LogP contribution in [0.3, 0.4) is 0 Å². The van der Waals surface area contributed by atoms with E-state index in [0.717, 1.165) is 30.4 Å². The molecule has 0 radical (unpaired) electrons. The molecule has 9 heteroatoms. The second-order valence-corrected chi connectivity index (χ2v) is 8.15. The number of nitrogens with one attached hydrogen (secondary N) is 1. The molecule has 1 aliphatic rings. The molecule has 0 spiro atoms. The van der Waals surface area contributed by atoms with Gasteiger partial charge < -0.3 is 10.2 Å². The van der Waals surface area contributed by atoms with Gasteiger partial charge in [-0.25, -0.2) is 4.79 Å². The predicted molar refractivity (Wildman–Crippen MR) is 118 cm³/mol. The number of benzene rings is 1. The number of aromatic nitrogens is 4. The van der Waals surface area contributed by atoms with Gasteiger partial charge >= 0.3 is 5.69 Å². The number of hydrogen-bond donors (Lipinski definition) is 1. The topological polar surface area (TPSA) is 94.2 Å². The minimum atomic E-state index is -0.111. The van der Waals surface area contributed by atoms with Crippen LogP contribution < -0.4 is 11.0 Å². The van der Waals surface area contributed by atoms with Crippen LogP contribution in [0.4, 0.5) is 5.82 Å². The van der Waals surface area contributed by atoms with E-state index in [4.69, 9.17) is 0 Å². The molecule has 1 saturated heterocycles. The fourth-order valence-corrected chi connectivity index (χ4v) is 4.22. The zero-order valence-corrected chi connectivity index (χ0v) is 18.2. The summed E-state index contributed by atoms with van der Waals surface area (Å²) in [5.41, 5.74) is 2.02. The molecule has 4 rings (SSSR count). The van der Waals surface area contributed by atoms with Crippen molar-refractivity contribution >= 4 is 28.7 Å². The first-order chi connectivity index (χ1) is 14.9. The lowest BCUT2D eigenvalue weighted by atomic mass is 9.93. The van der Waals surface area contributed by atoms with Gasteiger partial charge in [0.15, 0.2) is 5.82 Å². The number of nitrogens with zero attached hydrogens (tertiary/aromatic N) is 5. The Labute approximate surface area is 180 Å². The average Bonchev–Trinajstić information content (AvgIpc) is 3.32. The molecule has 9 nitrogen and oxygen atoms in total. The van der Waals surface area contributed by atoms with E-state index < -0.39 is 0 Å². The van der Waals surface area contributed by atoms with Gasteiger partial charge in [0.1, 0.15) is 0 Å². The number of piperidine rings is 1. The van der Waals surface area contributed by atoms with Crippen LogP contribution in [0.1, 0.15) is 36.5 Å². The van der Waals surface area contributed by atoms with Crippen LogP contribution in [-0.2, 0) is 25.4 Å². The van der Waals surface area contributed by atoms with Crippen molar-refractivity contribution in [2.75, 3.05) is 18.4 Å². The molecule has 164 valence electrons. The molecule has 0 atom stereocenters. The van der Waals surface area contributed by atoms with Crippen molar-refractivity contribution in [2.24, 2.45) is 20.0 Å². The highest BCUT2D eigenvalue weighted by atomic mass is 16.2. The number of rotatable bonds is 5. The number of carbonyl (C=O) groups is 2. The van der Waals surface area contributed by atoms with Crippen molar-refractivity contribution < 1.29 is 9.59 Å². The summed E-state index contributed by atoms with van der Waals surface area (Å²) in [6.07, 6.45) is 3.84. The molecule has 0 aliphatic carbocycles. The number of aryl methyl sites for hydroxylation is 3. The first-order valence-corrected chi connectivity index (χ1v) is 10.7. The molecule has 3 heterocycles. The van der Waals surface area contributed by atoms with Crippen molar-refractivity contribution in [1.29, 1.82) is 0 Å². The number of fused-ring (bicyclic) bond motifs is 1. The molecule has 1 N–H and O–H groups in total. The molecule has 1 aliphatic heterocycles. The summed E-state index contributed by atoms with van der Waals surface area (Å²) in [5, 5.41) is 7.13. The molecule has 0 unspecified atom stereocenters. The van der Waals surface area contributed by atoms with Crippen LogP contribution in [-0.4, -0.2) is 48.7 Å². The normalized spacial score (nSPS) is 14.9. The van der Waals surface area contributed by atoms with E-state index in [9.17, 15) is 14.4 Å². The highest BCUT2D eigenvalue weighted by Gasteiger charge is 2.26. The molecule has 3 aromatic rings. The lowest BCUT2D eigenvalue weighted by molar-refractivity contribution is -0.117. The third-order valence-corrected chi connectivity index (χ3v) is 6.13. The van der Waals surface area contributed by atoms with Gasteiger partial charge in [0.2, 0.25) is 5.91 Å². The van der Waals surface area contributed by atoms with Crippen molar-refractivity contribution in [1.82, 2.24) is 23.8 Å². The maximum atomic E-state index is 13.0. The summed E-state index contributed by atoms with van der Waals surface area (Å²) >= 11 is 0. The third-order valence-electron chi connectivity index (χ3n) is 6.13. The lowest BCUT2D eigenvalue weighted by Gasteiger charge is -2.31. The number of carbonyl (C=O) groups excluding carboxylic acids is 2. The second-order valence-electron chi connectivity index (χ2n) is 8.15. The van der Waals surface area contributed by atoms with Crippen LogP contribution in [0, 0.1) is 5.92 Å². The molecule has 1 fully saturated rings.